The van der Waals surface area contributed by atoms with Gasteiger partial charge < -0.3 is 4.90 Å². The van der Waals surface area contributed by atoms with Crippen molar-refractivity contribution < 1.29 is 0 Å². The second-order valence-corrected chi connectivity index (χ2v) is 9.38. The van der Waals surface area contributed by atoms with Crippen molar-refractivity contribution in [2.45, 2.75) is 24.9 Å². The van der Waals surface area contributed by atoms with E-state index in [9.17, 15) is 0 Å². The van der Waals surface area contributed by atoms with E-state index >= 15 is 0 Å². The van der Waals surface area contributed by atoms with Gasteiger partial charge >= 0.3 is 0 Å². The molecule has 0 N–H and O–H groups in total. The summed E-state index contributed by atoms with van der Waals surface area (Å²) < 4.78 is 0. The average Bonchev–Trinajstić information content (AvgIpc) is 3.18. The van der Waals surface area contributed by atoms with Crippen molar-refractivity contribution in [3.63, 3.8) is 0 Å². The lowest BCUT2D eigenvalue weighted by Crippen LogP contribution is -2.49. The van der Waals surface area contributed by atoms with E-state index < -0.39 is 0 Å². The van der Waals surface area contributed by atoms with Gasteiger partial charge in [0.1, 0.15) is 0 Å². The largest absolute Gasteiger partial charge is 0.361 e. The Kier molecular flexibility index (Phi) is 5.68. The molecular weight excluding hydrogens is 435 g/mol. The van der Waals surface area contributed by atoms with Crippen LogP contribution in [0.1, 0.15) is 35.2 Å². The first-order valence-electron chi connectivity index (χ1n) is 10.4. The van der Waals surface area contributed by atoms with Gasteiger partial charge in [-0.2, -0.15) is 0 Å². The summed E-state index contributed by atoms with van der Waals surface area (Å²) in [5.74, 6) is 0. The zero-order chi connectivity index (χ0) is 20.7. The molecule has 1 heterocycles. The van der Waals surface area contributed by atoms with Crippen LogP contribution in [0.25, 0.3) is 0 Å². The highest BCUT2D eigenvalue weighted by molar-refractivity contribution is 6.36. The molecule has 0 saturated carbocycles. The van der Waals surface area contributed by atoms with E-state index in [1.54, 1.807) is 0 Å². The van der Waals surface area contributed by atoms with Crippen LogP contribution in [-0.4, -0.2) is 24.5 Å². The van der Waals surface area contributed by atoms with Crippen LogP contribution in [0.3, 0.4) is 0 Å². The average molecular weight is 458 g/mol. The van der Waals surface area contributed by atoms with Gasteiger partial charge in [-0.15, -0.1) is 0 Å². The predicted octanol–water partition coefficient (Wildman–Crippen LogP) is 7.20. The van der Waals surface area contributed by atoms with Gasteiger partial charge in [-0.1, -0.05) is 71.2 Å². The molecule has 0 radical (unpaired) electrons. The fourth-order valence-electron chi connectivity index (χ4n) is 4.97. The summed E-state index contributed by atoms with van der Waals surface area (Å²) in [4.78, 5) is 5.06. The van der Waals surface area contributed by atoms with Gasteiger partial charge in [0.2, 0.25) is 0 Å². The number of hydrogen-bond acceptors (Lipinski definition) is 2. The van der Waals surface area contributed by atoms with Gasteiger partial charge in [0.05, 0.1) is 16.8 Å². The minimum absolute atomic E-state index is 0.197. The summed E-state index contributed by atoms with van der Waals surface area (Å²) in [7, 11) is 0. The Morgan fingerprint density at radius 1 is 0.767 bits per heavy atom. The summed E-state index contributed by atoms with van der Waals surface area (Å²) in [5, 5.41) is 2.11. The number of aryl methyl sites for hydroxylation is 1. The minimum Gasteiger partial charge on any atom is -0.361 e. The molecule has 1 saturated heterocycles. The Morgan fingerprint density at radius 2 is 1.53 bits per heavy atom. The fourth-order valence-corrected chi connectivity index (χ4v) is 5.62. The maximum absolute atomic E-state index is 6.61. The molecule has 3 aromatic carbocycles. The molecule has 0 spiro atoms. The highest BCUT2D eigenvalue weighted by Gasteiger charge is 2.35. The van der Waals surface area contributed by atoms with Crippen molar-refractivity contribution in [2.24, 2.45) is 0 Å². The number of anilines is 1. The maximum atomic E-state index is 6.61. The third-order valence-corrected chi connectivity index (χ3v) is 7.22. The molecule has 0 amide bonds. The number of nitrogens with zero attached hydrogens (tertiary/aromatic N) is 2. The third-order valence-electron chi connectivity index (χ3n) is 6.43. The molecule has 154 valence electrons. The van der Waals surface area contributed by atoms with Gasteiger partial charge in [0.25, 0.3) is 0 Å². The molecule has 30 heavy (non-hydrogen) atoms. The topological polar surface area (TPSA) is 6.48 Å². The van der Waals surface area contributed by atoms with Crippen LogP contribution in [0.2, 0.25) is 15.1 Å². The van der Waals surface area contributed by atoms with E-state index in [0.717, 1.165) is 36.8 Å². The van der Waals surface area contributed by atoms with E-state index in [-0.39, 0.29) is 6.04 Å². The van der Waals surface area contributed by atoms with Crippen molar-refractivity contribution >= 4 is 40.5 Å². The molecular formula is C25H23Cl3N2. The number of hydrogen-bond donors (Lipinski definition) is 0. The van der Waals surface area contributed by atoms with Crippen molar-refractivity contribution in [2.75, 3.05) is 24.5 Å². The normalized spacial score (nSPS) is 21.6. The van der Waals surface area contributed by atoms with Gasteiger partial charge in [-0.25, -0.2) is 0 Å². The highest BCUT2D eigenvalue weighted by atomic mass is 35.5. The molecule has 2 atom stereocenters. The summed E-state index contributed by atoms with van der Waals surface area (Å²) in [6, 6.07) is 23.6. The molecule has 1 aliphatic carbocycles. The highest BCUT2D eigenvalue weighted by Crippen LogP contribution is 2.41. The van der Waals surface area contributed by atoms with E-state index in [1.165, 1.54) is 23.1 Å². The number of halogens is 3. The van der Waals surface area contributed by atoms with Crippen molar-refractivity contribution in [1.29, 1.82) is 0 Å². The number of rotatable bonds is 3. The molecule has 5 rings (SSSR count). The molecule has 2 nitrogen and oxygen atoms in total. The second kappa shape index (κ2) is 8.43. The van der Waals surface area contributed by atoms with E-state index in [2.05, 4.69) is 46.2 Å². The fraction of sp³-hybridized carbons (Fsp3) is 0.280. The van der Waals surface area contributed by atoms with Gasteiger partial charge in [-0.3, -0.25) is 4.90 Å². The summed E-state index contributed by atoms with van der Waals surface area (Å²) in [6.07, 6.45) is 2.35. The Labute approximate surface area is 193 Å². The molecule has 5 heteroatoms. The Hall–Kier alpha value is -1.71. The van der Waals surface area contributed by atoms with Crippen LogP contribution in [0.4, 0.5) is 5.69 Å². The smallest absolute Gasteiger partial charge is 0.0670 e. The Balaban J connectivity index is 1.49. The van der Waals surface area contributed by atoms with Crippen LogP contribution in [0.5, 0.6) is 0 Å². The number of fused-ring (bicyclic) bond motifs is 1. The molecule has 0 bridgehead atoms. The first-order chi connectivity index (χ1) is 14.6. The molecule has 0 unspecified atom stereocenters. The molecule has 3 aromatic rings. The lowest BCUT2D eigenvalue weighted by atomic mass is 9.98. The molecule has 2 aliphatic rings. The van der Waals surface area contributed by atoms with Crippen LogP contribution in [0, 0.1) is 0 Å². The summed E-state index contributed by atoms with van der Waals surface area (Å²) >= 11 is 18.9. The predicted molar refractivity (Wildman–Crippen MR) is 127 cm³/mol. The number of benzene rings is 3. The Bertz CT molecular complexity index is 1050. The summed E-state index contributed by atoms with van der Waals surface area (Å²) in [5.41, 5.74) is 5.27. The molecule has 0 aromatic heterocycles. The van der Waals surface area contributed by atoms with Crippen LogP contribution < -0.4 is 4.90 Å². The van der Waals surface area contributed by atoms with Crippen LogP contribution in [0.15, 0.2) is 66.7 Å². The van der Waals surface area contributed by atoms with Gasteiger partial charge in [0, 0.05) is 35.7 Å². The van der Waals surface area contributed by atoms with E-state index in [0.29, 0.717) is 16.1 Å². The zero-order valence-corrected chi connectivity index (χ0v) is 18.8. The van der Waals surface area contributed by atoms with Crippen LogP contribution in [-0.2, 0) is 6.42 Å². The Morgan fingerprint density at radius 3 is 2.33 bits per heavy atom. The van der Waals surface area contributed by atoms with Crippen molar-refractivity contribution in [1.82, 2.24) is 4.90 Å². The zero-order valence-electron chi connectivity index (χ0n) is 16.6. The first kappa shape index (κ1) is 20.2. The van der Waals surface area contributed by atoms with Crippen molar-refractivity contribution in [3.05, 3.63) is 98.5 Å². The monoisotopic (exact) mass is 456 g/mol. The lowest BCUT2D eigenvalue weighted by Gasteiger charge is -2.45. The SMILES string of the molecule is Clc1ccc([C@@H]2CN([C@H]3CCc4ccccc43)CCN2c2ccc(Cl)cc2Cl)cc1. The van der Waals surface area contributed by atoms with Gasteiger partial charge in [-0.05, 0) is 59.9 Å². The van der Waals surface area contributed by atoms with E-state index in [1.807, 2.05) is 30.3 Å². The number of piperazine rings is 1. The first-order valence-corrected chi connectivity index (χ1v) is 11.5. The van der Waals surface area contributed by atoms with Crippen molar-refractivity contribution in [3.8, 4) is 0 Å². The quantitative estimate of drug-likeness (QED) is 0.410. The minimum atomic E-state index is 0.197. The lowest BCUT2D eigenvalue weighted by molar-refractivity contribution is 0.160. The molecule has 1 aliphatic heterocycles. The van der Waals surface area contributed by atoms with Gasteiger partial charge in [0.15, 0.2) is 0 Å². The van der Waals surface area contributed by atoms with E-state index in [4.69, 9.17) is 34.8 Å². The summed E-state index contributed by atoms with van der Waals surface area (Å²) in [6.45, 7) is 2.86. The van der Waals surface area contributed by atoms with Crippen LogP contribution >= 0.6 is 34.8 Å². The molecule has 1 fully saturated rings. The standard InChI is InChI=1S/C25H23Cl3N2/c26-19-8-5-18(6-9-19)25-16-29(23-11-7-17-3-1-2-4-21(17)23)13-14-30(25)24-12-10-20(27)15-22(24)28/h1-6,8-10,12,15,23,25H,7,11,13-14,16H2/t23-,25-/m0/s1. The second-order valence-electron chi connectivity index (χ2n) is 8.10. The third kappa shape index (κ3) is 3.83. The maximum Gasteiger partial charge on any atom is 0.0670 e.